The molecule has 7 nitrogen and oxygen atoms in total. The molecule has 3 aromatic rings. The Morgan fingerprint density at radius 2 is 2.22 bits per heavy atom. The van der Waals surface area contributed by atoms with Crippen LogP contribution in [-0.2, 0) is 17.6 Å². The average molecular weight is 348 g/mol. The number of hydrogen-bond acceptors (Lipinski definition) is 7. The maximum Gasteiger partial charge on any atom is 0.230 e. The lowest BCUT2D eigenvalue weighted by atomic mass is 10.3. The lowest BCUT2D eigenvalue weighted by molar-refractivity contribution is -0.120. The lowest BCUT2D eigenvalue weighted by Crippen LogP contribution is -2.25. The monoisotopic (exact) mass is 347 g/mol. The highest BCUT2D eigenvalue weighted by Crippen LogP contribution is 2.26. The Balaban J connectivity index is 1.68. The van der Waals surface area contributed by atoms with Gasteiger partial charge in [0.1, 0.15) is 18.0 Å². The van der Waals surface area contributed by atoms with Gasteiger partial charge < -0.3 is 9.73 Å². The molecule has 23 heavy (non-hydrogen) atoms. The highest BCUT2D eigenvalue weighted by atomic mass is 35.5. The molecule has 9 heteroatoms. The van der Waals surface area contributed by atoms with E-state index in [0.717, 1.165) is 15.2 Å². The Bertz CT molecular complexity index is 898. The first kappa shape index (κ1) is 15.4. The van der Waals surface area contributed by atoms with E-state index < -0.39 is 0 Å². The Labute approximate surface area is 139 Å². The van der Waals surface area contributed by atoms with Crippen LogP contribution >= 0.6 is 22.9 Å². The standard InChI is InChI=1S/C14H10ClN5O2S/c15-8-1-2-10-9(5-8)18-14(23-10)7-13-20-19-12(22-13)6-11(21)17-4-3-16/h1-2,5H,4,6-7H2,(H,17,21). The highest BCUT2D eigenvalue weighted by Gasteiger charge is 2.13. The molecule has 2 aromatic heterocycles. The largest absolute Gasteiger partial charge is 0.424 e. The second kappa shape index (κ2) is 6.73. The number of thiazole rings is 1. The van der Waals surface area contributed by atoms with E-state index >= 15 is 0 Å². The summed E-state index contributed by atoms with van der Waals surface area (Å²) < 4.78 is 6.46. The van der Waals surface area contributed by atoms with Gasteiger partial charge in [0.2, 0.25) is 17.7 Å². The predicted molar refractivity (Wildman–Crippen MR) is 84.1 cm³/mol. The van der Waals surface area contributed by atoms with Crippen molar-refractivity contribution in [3.05, 3.63) is 40.0 Å². The van der Waals surface area contributed by atoms with Crippen LogP contribution in [-0.4, -0.2) is 27.6 Å². The van der Waals surface area contributed by atoms with Gasteiger partial charge in [-0.3, -0.25) is 4.79 Å². The molecule has 1 N–H and O–H groups in total. The second-order valence-electron chi connectivity index (χ2n) is 4.60. The zero-order valence-electron chi connectivity index (χ0n) is 11.7. The quantitative estimate of drug-likeness (QED) is 0.709. The van der Waals surface area contributed by atoms with Crippen LogP contribution in [0.15, 0.2) is 22.6 Å². The number of rotatable bonds is 5. The molecule has 0 saturated carbocycles. The smallest absolute Gasteiger partial charge is 0.230 e. The molecule has 1 amide bonds. The maximum absolute atomic E-state index is 11.5. The van der Waals surface area contributed by atoms with Crippen molar-refractivity contribution in [1.82, 2.24) is 20.5 Å². The molecule has 0 radical (unpaired) electrons. The summed E-state index contributed by atoms with van der Waals surface area (Å²) in [5.41, 5.74) is 0.827. The number of nitrogens with one attached hydrogen (secondary N) is 1. The van der Waals surface area contributed by atoms with Crippen molar-refractivity contribution in [1.29, 1.82) is 5.26 Å². The van der Waals surface area contributed by atoms with Gasteiger partial charge >= 0.3 is 0 Å². The number of carbonyl (C=O) groups excluding carboxylic acids is 1. The maximum atomic E-state index is 11.5. The number of fused-ring (bicyclic) bond motifs is 1. The number of benzene rings is 1. The van der Waals surface area contributed by atoms with Gasteiger partial charge in [0.15, 0.2) is 0 Å². The van der Waals surface area contributed by atoms with Gasteiger partial charge in [-0.1, -0.05) is 11.6 Å². The molecule has 116 valence electrons. The Hall–Kier alpha value is -2.50. The van der Waals surface area contributed by atoms with Gasteiger partial charge in [-0.25, -0.2) is 4.98 Å². The minimum absolute atomic E-state index is 0.0475. The number of hydrogen-bond donors (Lipinski definition) is 1. The molecule has 0 spiro atoms. The van der Waals surface area contributed by atoms with E-state index in [4.69, 9.17) is 21.3 Å². The van der Waals surface area contributed by atoms with Crippen molar-refractivity contribution >= 4 is 39.1 Å². The molecule has 0 atom stereocenters. The minimum Gasteiger partial charge on any atom is -0.424 e. The molecule has 3 rings (SSSR count). The van der Waals surface area contributed by atoms with Crippen LogP contribution in [0.25, 0.3) is 10.2 Å². The molecular weight excluding hydrogens is 338 g/mol. The van der Waals surface area contributed by atoms with E-state index in [-0.39, 0.29) is 24.8 Å². The summed E-state index contributed by atoms with van der Waals surface area (Å²) in [6.07, 6.45) is 0.341. The summed E-state index contributed by atoms with van der Waals surface area (Å²) in [6, 6.07) is 7.36. The summed E-state index contributed by atoms with van der Waals surface area (Å²) in [6.45, 7) is -0.0475. The summed E-state index contributed by atoms with van der Waals surface area (Å²) in [5, 5.41) is 20.0. The normalized spacial score (nSPS) is 10.6. The van der Waals surface area contributed by atoms with Crippen LogP contribution in [0.4, 0.5) is 0 Å². The first-order chi connectivity index (χ1) is 11.1. The Morgan fingerprint density at radius 1 is 1.39 bits per heavy atom. The van der Waals surface area contributed by atoms with Crippen molar-refractivity contribution in [3.63, 3.8) is 0 Å². The third-order valence-corrected chi connectivity index (χ3v) is 4.15. The van der Waals surface area contributed by atoms with Crippen LogP contribution in [0, 0.1) is 11.3 Å². The van der Waals surface area contributed by atoms with Crippen LogP contribution in [0.3, 0.4) is 0 Å². The Kier molecular flexibility index (Phi) is 4.50. The Morgan fingerprint density at radius 3 is 3.04 bits per heavy atom. The number of halogens is 1. The molecule has 0 aliphatic carbocycles. The topological polar surface area (TPSA) is 105 Å². The molecule has 0 aliphatic heterocycles. The lowest BCUT2D eigenvalue weighted by Gasteiger charge is -1.95. The zero-order chi connectivity index (χ0) is 16.2. The van der Waals surface area contributed by atoms with Crippen molar-refractivity contribution < 1.29 is 9.21 Å². The molecule has 0 aliphatic rings. The second-order valence-corrected chi connectivity index (χ2v) is 6.15. The highest BCUT2D eigenvalue weighted by molar-refractivity contribution is 7.18. The van der Waals surface area contributed by atoms with E-state index in [0.29, 0.717) is 17.3 Å². The summed E-state index contributed by atoms with van der Waals surface area (Å²) in [7, 11) is 0. The number of nitrogens with zero attached hydrogens (tertiary/aromatic N) is 4. The summed E-state index contributed by atoms with van der Waals surface area (Å²) >= 11 is 7.46. The van der Waals surface area contributed by atoms with E-state index in [1.807, 2.05) is 18.2 Å². The number of amides is 1. The van der Waals surface area contributed by atoms with Crippen molar-refractivity contribution in [3.8, 4) is 6.07 Å². The van der Waals surface area contributed by atoms with Gasteiger partial charge in [-0.15, -0.1) is 21.5 Å². The molecule has 0 bridgehead atoms. The van der Waals surface area contributed by atoms with Crippen molar-refractivity contribution in [2.24, 2.45) is 0 Å². The number of nitriles is 1. The summed E-state index contributed by atoms with van der Waals surface area (Å²) in [4.78, 5) is 15.9. The fraction of sp³-hybridized carbons (Fsp3) is 0.214. The van der Waals surface area contributed by atoms with Crippen molar-refractivity contribution in [2.45, 2.75) is 12.8 Å². The molecule has 0 saturated heterocycles. The van der Waals surface area contributed by atoms with Gasteiger partial charge in [-0.2, -0.15) is 5.26 Å². The average Bonchev–Trinajstić information content (AvgIpc) is 3.11. The SMILES string of the molecule is N#CCNC(=O)Cc1nnc(Cc2nc3cc(Cl)ccc3s2)o1. The van der Waals surface area contributed by atoms with Crippen LogP contribution in [0.5, 0.6) is 0 Å². The molecule has 0 fully saturated rings. The zero-order valence-corrected chi connectivity index (χ0v) is 13.3. The minimum atomic E-state index is -0.337. The van der Waals surface area contributed by atoms with Crippen molar-refractivity contribution in [2.75, 3.05) is 6.54 Å². The molecule has 1 aromatic carbocycles. The number of carbonyl (C=O) groups is 1. The van der Waals surface area contributed by atoms with Gasteiger partial charge in [0.25, 0.3) is 0 Å². The first-order valence-corrected chi connectivity index (χ1v) is 7.83. The number of aromatic nitrogens is 3. The van der Waals surface area contributed by atoms with Crippen LogP contribution in [0.2, 0.25) is 5.02 Å². The fourth-order valence-electron chi connectivity index (χ4n) is 1.92. The van der Waals surface area contributed by atoms with Gasteiger partial charge in [-0.05, 0) is 18.2 Å². The third kappa shape index (κ3) is 3.83. The van der Waals surface area contributed by atoms with Gasteiger partial charge in [0.05, 0.1) is 22.7 Å². The third-order valence-electron chi connectivity index (χ3n) is 2.88. The van der Waals surface area contributed by atoms with E-state index in [2.05, 4.69) is 20.5 Å². The molecule has 0 unspecified atom stereocenters. The molecular formula is C14H10ClN5O2S. The van der Waals surface area contributed by atoms with E-state index in [9.17, 15) is 4.79 Å². The van der Waals surface area contributed by atoms with Crippen LogP contribution in [0.1, 0.15) is 16.8 Å². The fourth-order valence-corrected chi connectivity index (χ4v) is 3.03. The van der Waals surface area contributed by atoms with E-state index in [1.54, 1.807) is 6.07 Å². The van der Waals surface area contributed by atoms with Gasteiger partial charge in [0, 0.05) is 5.02 Å². The first-order valence-electron chi connectivity index (χ1n) is 6.64. The summed E-state index contributed by atoms with van der Waals surface area (Å²) in [5.74, 6) is 0.259. The predicted octanol–water partition coefficient (Wildman–Crippen LogP) is 2.11. The van der Waals surface area contributed by atoms with Crippen LogP contribution < -0.4 is 5.32 Å². The molecule has 2 heterocycles. The van der Waals surface area contributed by atoms with E-state index in [1.165, 1.54) is 11.3 Å².